The van der Waals surface area contributed by atoms with Gasteiger partial charge in [0.05, 0.1) is 0 Å². The number of rotatable bonds is 8. The molecule has 0 bridgehead atoms. The first-order valence-corrected chi connectivity index (χ1v) is 10.5. The van der Waals surface area contributed by atoms with E-state index in [0.717, 1.165) is 37.0 Å². The molecule has 1 fully saturated rings. The van der Waals surface area contributed by atoms with Gasteiger partial charge in [0.15, 0.2) is 6.10 Å². The molecule has 1 aliphatic heterocycles. The molecular weight excluding hydrogens is 386 g/mol. The molecular formula is C22H29N3O5. The Bertz CT molecular complexity index is 868. The summed E-state index contributed by atoms with van der Waals surface area (Å²) < 4.78 is 5.16. The van der Waals surface area contributed by atoms with Crippen molar-refractivity contribution < 1.29 is 23.9 Å². The van der Waals surface area contributed by atoms with Crippen molar-refractivity contribution in [2.24, 2.45) is 0 Å². The van der Waals surface area contributed by atoms with Crippen LogP contribution in [0.2, 0.25) is 0 Å². The van der Waals surface area contributed by atoms with Gasteiger partial charge in [0.1, 0.15) is 12.1 Å². The van der Waals surface area contributed by atoms with E-state index in [4.69, 9.17) is 4.74 Å². The van der Waals surface area contributed by atoms with Crippen molar-refractivity contribution in [3.8, 4) is 0 Å². The van der Waals surface area contributed by atoms with E-state index in [2.05, 4.69) is 10.6 Å². The number of esters is 1. The highest BCUT2D eigenvalue weighted by atomic mass is 16.5. The van der Waals surface area contributed by atoms with E-state index in [9.17, 15) is 19.2 Å². The number of carbonyl (C=O) groups is 4. The number of anilines is 1. The SMILES string of the molecule is CCCC[C@]1(C)NC(=O)N(CC(=O)O[C@@H](C)C(=O)Nc2ccc3c(c2)CCC3)C1=O. The smallest absolute Gasteiger partial charge is 0.327 e. The van der Waals surface area contributed by atoms with Crippen LogP contribution in [-0.4, -0.2) is 46.9 Å². The van der Waals surface area contributed by atoms with Gasteiger partial charge in [0, 0.05) is 5.69 Å². The highest BCUT2D eigenvalue weighted by molar-refractivity contribution is 6.08. The van der Waals surface area contributed by atoms with Crippen LogP contribution in [0.5, 0.6) is 0 Å². The minimum Gasteiger partial charge on any atom is -0.451 e. The highest BCUT2D eigenvalue weighted by Gasteiger charge is 2.48. The molecule has 1 aromatic carbocycles. The topological polar surface area (TPSA) is 105 Å². The predicted octanol–water partition coefficient (Wildman–Crippen LogP) is 2.55. The van der Waals surface area contributed by atoms with Crippen LogP contribution in [0.4, 0.5) is 10.5 Å². The van der Waals surface area contributed by atoms with E-state index < -0.39 is 42.0 Å². The molecule has 3 rings (SSSR count). The molecule has 1 aliphatic carbocycles. The number of nitrogens with zero attached hydrogens (tertiary/aromatic N) is 1. The average Bonchev–Trinajstić information content (AvgIpc) is 3.24. The number of urea groups is 1. The fraction of sp³-hybridized carbons (Fsp3) is 0.545. The molecule has 4 amide bonds. The molecule has 1 heterocycles. The predicted molar refractivity (Wildman–Crippen MR) is 111 cm³/mol. The van der Waals surface area contributed by atoms with Gasteiger partial charge in [-0.05, 0) is 62.8 Å². The molecule has 2 N–H and O–H groups in total. The highest BCUT2D eigenvalue weighted by Crippen LogP contribution is 2.25. The van der Waals surface area contributed by atoms with Crippen molar-refractivity contribution in [3.05, 3.63) is 29.3 Å². The second-order valence-corrected chi connectivity index (χ2v) is 8.22. The molecule has 8 nitrogen and oxygen atoms in total. The Labute approximate surface area is 176 Å². The first-order valence-electron chi connectivity index (χ1n) is 10.5. The Kier molecular flexibility index (Phi) is 6.43. The molecule has 162 valence electrons. The number of hydrogen-bond acceptors (Lipinski definition) is 5. The normalized spacial score (nSPS) is 21.2. The number of fused-ring (bicyclic) bond motifs is 1. The van der Waals surface area contributed by atoms with Crippen LogP contribution < -0.4 is 10.6 Å². The molecule has 8 heteroatoms. The molecule has 2 aliphatic rings. The Morgan fingerprint density at radius 3 is 2.73 bits per heavy atom. The number of nitrogens with one attached hydrogen (secondary N) is 2. The summed E-state index contributed by atoms with van der Waals surface area (Å²) in [6, 6.07) is 5.16. The van der Waals surface area contributed by atoms with Crippen LogP contribution in [0.1, 0.15) is 57.6 Å². The van der Waals surface area contributed by atoms with E-state index in [-0.39, 0.29) is 0 Å². The molecule has 30 heavy (non-hydrogen) atoms. The number of imide groups is 1. The van der Waals surface area contributed by atoms with Gasteiger partial charge in [-0.1, -0.05) is 25.8 Å². The molecule has 0 radical (unpaired) electrons. The van der Waals surface area contributed by atoms with Gasteiger partial charge >= 0.3 is 12.0 Å². The minimum atomic E-state index is -1.06. The zero-order valence-electron chi connectivity index (χ0n) is 17.7. The summed E-state index contributed by atoms with van der Waals surface area (Å²) in [5.41, 5.74) is 2.17. The molecule has 0 aromatic heterocycles. The lowest BCUT2D eigenvalue weighted by molar-refractivity contribution is -0.155. The Morgan fingerprint density at radius 2 is 2.00 bits per heavy atom. The first kappa shape index (κ1) is 21.8. The van der Waals surface area contributed by atoms with Crippen molar-refractivity contribution in [1.29, 1.82) is 0 Å². The fourth-order valence-electron chi connectivity index (χ4n) is 3.90. The number of unbranched alkanes of at least 4 members (excludes halogenated alkanes) is 1. The standard InChI is InChI=1S/C22H29N3O5/c1-4-5-11-22(3)20(28)25(21(29)24-22)13-18(26)30-14(2)19(27)23-17-10-9-15-7-6-8-16(15)12-17/h9-10,12,14H,4-8,11,13H2,1-3H3,(H,23,27)(H,24,29)/t14-,22-/m0/s1. The van der Waals surface area contributed by atoms with Gasteiger partial charge in [0.2, 0.25) is 0 Å². The van der Waals surface area contributed by atoms with Crippen LogP contribution in [0, 0.1) is 0 Å². The summed E-state index contributed by atoms with van der Waals surface area (Å²) in [7, 11) is 0. The zero-order chi connectivity index (χ0) is 21.9. The van der Waals surface area contributed by atoms with E-state index in [1.165, 1.54) is 18.1 Å². The summed E-state index contributed by atoms with van der Waals surface area (Å²) >= 11 is 0. The van der Waals surface area contributed by atoms with E-state index >= 15 is 0 Å². The summed E-state index contributed by atoms with van der Waals surface area (Å²) in [5.74, 6) is -1.73. The largest absolute Gasteiger partial charge is 0.451 e. The average molecular weight is 415 g/mol. The third-order valence-electron chi connectivity index (χ3n) is 5.71. The van der Waals surface area contributed by atoms with Crippen LogP contribution in [0.3, 0.4) is 0 Å². The van der Waals surface area contributed by atoms with Crippen LogP contribution >= 0.6 is 0 Å². The lowest BCUT2D eigenvalue weighted by Crippen LogP contribution is -2.44. The van der Waals surface area contributed by atoms with Gasteiger partial charge in [-0.3, -0.25) is 19.3 Å². The minimum absolute atomic E-state index is 0.451. The monoisotopic (exact) mass is 415 g/mol. The maximum absolute atomic E-state index is 12.6. The van der Waals surface area contributed by atoms with Gasteiger partial charge in [0.25, 0.3) is 11.8 Å². The summed E-state index contributed by atoms with van der Waals surface area (Å²) in [6.07, 6.45) is 4.27. The van der Waals surface area contributed by atoms with Crippen molar-refractivity contribution in [2.75, 3.05) is 11.9 Å². The van der Waals surface area contributed by atoms with Crippen molar-refractivity contribution >= 4 is 29.5 Å². The summed E-state index contributed by atoms with van der Waals surface area (Å²) in [6.45, 7) is 4.58. The van der Waals surface area contributed by atoms with Crippen molar-refractivity contribution in [1.82, 2.24) is 10.2 Å². The third-order valence-corrected chi connectivity index (χ3v) is 5.71. The van der Waals surface area contributed by atoms with Crippen LogP contribution in [0.15, 0.2) is 18.2 Å². The molecule has 1 saturated heterocycles. The first-order chi connectivity index (χ1) is 14.2. The summed E-state index contributed by atoms with van der Waals surface area (Å²) in [4.78, 5) is 50.2. The van der Waals surface area contributed by atoms with E-state index in [1.807, 2.05) is 25.1 Å². The Morgan fingerprint density at radius 1 is 1.27 bits per heavy atom. The number of benzene rings is 1. The quantitative estimate of drug-likeness (QED) is 0.501. The summed E-state index contributed by atoms with van der Waals surface area (Å²) in [5, 5.41) is 5.40. The van der Waals surface area contributed by atoms with Crippen LogP contribution in [0.25, 0.3) is 0 Å². The van der Waals surface area contributed by atoms with Gasteiger partial charge in [-0.15, -0.1) is 0 Å². The maximum Gasteiger partial charge on any atom is 0.327 e. The fourth-order valence-corrected chi connectivity index (χ4v) is 3.90. The number of amides is 4. The van der Waals surface area contributed by atoms with Crippen LogP contribution in [-0.2, 0) is 32.0 Å². The molecule has 2 atom stereocenters. The molecule has 0 saturated carbocycles. The number of aryl methyl sites for hydroxylation is 2. The second kappa shape index (κ2) is 8.85. The molecule has 0 spiro atoms. The Hall–Kier alpha value is -2.90. The zero-order valence-corrected chi connectivity index (χ0v) is 17.7. The van der Waals surface area contributed by atoms with E-state index in [0.29, 0.717) is 12.1 Å². The van der Waals surface area contributed by atoms with Crippen molar-refractivity contribution in [3.63, 3.8) is 0 Å². The number of carbonyl (C=O) groups excluding carboxylic acids is 4. The van der Waals surface area contributed by atoms with E-state index in [1.54, 1.807) is 6.92 Å². The molecule has 0 unspecified atom stereocenters. The maximum atomic E-state index is 12.6. The van der Waals surface area contributed by atoms with Gasteiger partial charge in [-0.2, -0.15) is 0 Å². The van der Waals surface area contributed by atoms with Gasteiger partial charge < -0.3 is 15.4 Å². The van der Waals surface area contributed by atoms with Crippen molar-refractivity contribution in [2.45, 2.75) is 70.9 Å². The molecule has 1 aromatic rings. The lowest BCUT2D eigenvalue weighted by atomic mass is 9.95. The third kappa shape index (κ3) is 4.63. The second-order valence-electron chi connectivity index (χ2n) is 8.22. The van der Waals surface area contributed by atoms with Gasteiger partial charge in [-0.25, -0.2) is 4.79 Å². The Balaban J connectivity index is 1.53. The lowest BCUT2D eigenvalue weighted by Gasteiger charge is -2.21. The number of hydrogen-bond donors (Lipinski definition) is 2. The number of ether oxygens (including phenoxy) is 1.